The summed E-state index contributed by atoms with van der Waals surface area (Å²) < 4.78 is 46.1. The minimum atomic E-state index is -0.964. The first-order valence-electron chi connectivity index (χ1n) is 31.3. The van der Waals surface area contributed by atoms with Gasteiger partial charge in [-0.1, -0.05) is 68.2 Å². The average Bonchev–Trinajstić information content (AvgIpc) is 1.41. The summed E-state index contributed by atoms with van der Waals surface area (Å²) >= 11 is 13.2. The molecule has 6 heterocycles. The van der Waals surface area contributed by atoms with Crippen molar-refractivity contribution in [2.24, 2.45) is 4.99 Å². The molecule has 19 nitrogen and oxygen atoms in total. The highest BCUT2D eigenvalue weighted by Gasteiger charge is 2.71. The zero-order valence-electron chi connectivity index (χ0n) is 52.6. The number of nitrogen functional groups attached to an aromatic ring is 1. The average molecular weight is 1270 g/mol. The van der Waals surface area contributed by atoms with E-state index in [1.54, 1.807) is 24.2 Å². The second kappa shape index (κ2) is 27.3. The van der Waals surface area contributed by atoms with E-state index in [1.807, 2.05) is 82.9 Å². The molecule has 2 saturated heterocycles. The Balaban J connectivity index is 0.587. The van der Waals surface area contributed by atoms with E-state index in [0.29, 0.717) is 143 Å². The SMILES string of the molecule is CCOc1cc(C(C)(C)C)ccc1C1=N[C@]2(c3ccc(Cl)cc3)c3cc(Cl)ccc3[C@@]2(C)N1C(=O)N1CCN(CCOCCOCCOCCOCCC(=O)NCCn2nc3c(c2C)-c2cnc(N)c(c2)N2CCC[C@@H]2c2cc(F)ccc2C(=O)N(C)C3)CC1. The van der Waals surface area contributed by atoms with E-state index in [9.17, 15) is 14.0 Å². The molecule has 2 fully saturated rings. The maximum Gasteiger partial charge on any atom is 0.326 e. The van der Waals surface area contributed by atoms with Crippen molar-refractivity contribution >= 4 is 58.4 Å². The molecule has 0 saturated carbocycles. The summed E-state index contributed by atoms with van der Waals surface area (Å²) in [4.78, 5) is 62.4. The van der Waals surface area contributed by atoms with Gasteiger partial charge in [0.2, 0.25) is 5.91 Å². The summed E-state index contributed by atoms with van der Waals surface area (Å²) in [5.74, 6) is 0.807. The van der Waals surface area contributed by atoms with E-state index < -0.39 is 16.9 Å². The number of nitrogens with two attached hydrogens (primary N) is 1. The molecule has 0 spiro atoms. The van der Waals surface area contributed by atoms with Crippen molar-refractivity contribution < 1.29 is 42.5 Å². The lowest BCUT2D eigenvalue weighted by molar-refractivity contribution is -0.122. The molecule has 4 aromatic carbocycles. The molecule has 11 rings (SSSR count). The first kappa shape index (κ1) is 64.4. The number of anilines is 2. The number of pyridine rings is 1. The lowest BCUT2D eigenvalue weighted by Crippen LogP contribution is -2.66. The van der Waals surface area contributed by atoms with E-state index in [0.717, 1.165) is 69.7 Å². The van der Waals surface area contributed by atoms with Crippen LogP contribution in [0.1, 0.15) is 115 Å². The fraction of sp³-hybridized carbons (Fsp3) is 0.471. The molecule has 4 amide bonds. The maximum atomic E-state index is 15.4. The quantitative estimate of drug-likeness (QED) is 0.0610. The van der Waals surface area contributed by atoms with E-state index in [1.165, 1.54) is 12.1 Å². The number of nitrogens with zero attached hydrogens (tertiary/aromatic N) is 9. The number of halogens is 3. The van der Waals surface area contributed by atoms with Crippen LogP contribution in [0, 0.1) is 12.7 Å². The van der Waals surface area contributed by atoms with E-state index in [4.69, 9.17) is 62.7 Å². The van der Waals surface area contributed by atoms with Crippen LogP contribution in [0.25, 0.3) is 11.1 Å². The van der Waals surface area contributed by atoms with Crippen molar-refractivity contribution in [3.8, 4) is 16.9 Å². The zero-order valence-corrected chi connectivity index (χ0v) is 54.1. The van der Waals surface area contributed by atoms with Crippen LogP contribution in [0.4, 0.5) is 20.7 Å². The van der Waals surface area contributed by atoms with Gasteiger partial charge in [-0.25, -0.2) is 19.2 Å². The third-order valence-corrected chi connectivity index (χ3v) is 18.7. The van der Waals surface area contributed by atoms with Gasteiger partial charge in [-0.2, -0.15) is 5.10 Å². The number of carbonyl (C=O) groups excluding carboxylic acids is 3. The van der Waals surface area contributed by atoms with Gasteiger partial charge in [-0.3, -0.25) is 24.1 Å². The van der Waals surface area contributed by atoms with E-state index >= 15 is 4.79 Å². The second-order valence-electron chi connectivity index (χ2n) is 24.8. The molecule has 1 aliphatic carbocycles. The molecule has 3 atom stereocenters. The number of urea groups is 1. The van der Waals surface area contributed by atoms with Gasteiger partial charge in [0.05, 0.1) is 95.5 Å². The van der Waals surface area contributed by atoms with Crippen molar-refractivity contribution in [2.75, 3.05) is 123 Å². The molecule has 2 aromatic heterocycles. The highest BCUT2D eigenvalue weighted by molar-refractivity contribution is 6.31. The predicted octanol–water partition coefficient (Wildman–Crippen LogP) is 10.2. The topological polar surface area (TPSA) is 195 Å². The third-order valence-electron chi connectivity index (χ3n) is 18.2. The Kier molecular flexibility index (Phi) is 19.6. The van der Waals surface area contributed by atoms with Gasteiger partial charge in [0, 0.05) is 97.9 Å². The molecule has 2 bridgehead atoms. The number of fused-ring (bicyclic) bond motifs is 12. The van der Waals surface area contributed by atoms with Crippen molar-refractivity contribution in [3.05, 3.63) is 157 Å². The minimum Gasteiger partial charge on any atom is -0.493 e. The summed E-state index contributed by atoms with van der Waals surface area (Å²) in [7, 11) is 1.73. The molecule has 90 heavy (non-hydrogen) atoms. The number of benzene rings is 4. The number of ether oxygens (including phenoxy) is 5. The van der Waals surface area contributed by atoms with Gasteiger partial charge in [-0.15, -0.1) is 0 Å². The molecule has 3 N–H and O–H groups in total. The van der Waals surface area contributed by atoms with Crippen molar-refractivity contribution in [1.82, 2.24) is 39.7 Å². The highest BCUT2D eigenvalue weighted by Crippen LogP contribution is 2.66. The number of hydrogen-bond donors (Lipinski definition) is 2. The van der Waals surface area contributed by atoms with Crippen LogP contribution < -0.4 is 20.7 Å². The third kappa shape index (κ3) is 12.8. The van der Waals surface area contributed by atoms with Crippen LogP contribution in [0.15, 0.2) is 96.1 Å². The van der Waals surface area contributed by atoms with Crippen LogP contribution in [-0.4, -0.2) is 170 Å². The van der Waals surface area contributed by atoms with Crippen molar-refractivity contribution in [3.63, 3.8) is 0 Å². The van der Waals surface area contributed by atoms with Crippen LogP contribution in [0.3, 0.4) is 0 Å². The molecule has 5 aliphatic rings. The second-order valence-corrected chi connectivity index (χ2v) is 25.7. The maximum absolute atomic E-state index is 15.4. The summed E-state index contributed by atoms with van der Waals surface area (Å²) in [5.41, 5.74) is 14.2. The first-order valence-corrected chi connectivity index (χ1v) is 32.0. The molecular weight excluding hydrogens is 1190 g/mol. The number of rotatable bonds is 22. The van der Waals surface area contributed by atoms with Gasteiger partial charge in [0.15, 0.2) is 0 Å². The van der Waals surface area contributed by atoms with Crippen molar-refractivity contribution in [1.29, 1.82) is 0 Å². The van der Waals surface area contributed by atoms with Gasteiger partial charge >= 0.3 is 6.03 Å². The van der Waals surface area contributed by atoms with Crippen LogP contribution in [0.5, 0.6) is 5.75 Å². The molecular formula is C68H82Cl2FN11O8. The van der Waals surface area contributed by atoms with Crippen LogP contribution in [0.2, 0.25) is 10.0 Å². The number of aromatic nitrogens is 3. The molecule has 0 unspecified atom stereocenters. The molecule has 4 aliphatic heterocycles. The lowest BCUT2D eigenvalue weighted by Gasteiger charge is -2.56. The summed E-state index contributed by atoms with van der Waals surface area (Å²) in [6, 6.07) is 25.9. The number of amides is 4. The zero-order chi connectivity index (χ0) is 63.5. The number of carbonyl (C=O) groups is 3. The smallest absolute Gasteiger partial charge is 0.326 e. The molecule has 22 heteroatoms. The van der Waals surface area contributed by atoms with E-state index in [2.05, 4.69) is 59.9 Å². The Morgan fingerprint density at radius 1 is 0.811 bits per heavy atom. The molecule has 0 radical (unpaired) electrons. The van der Waals surface area contributed by atoms with Gasteiger partial charge in [-0.05, 0) is 128 Å². The Morgan fingerprint density at radius 2 is 1.50 bits per heavy atom. The van der Waals surface area contributed by atoms with Crippen LogP contribution in [-0.2, 0) is 53.3 Å². The standard InChI is InChI=1S/C68H82Cl2FN11O8/c1-8-90-59-39-47(66(3,4)5)13-18-52(59)63-75-68(46-11-14-48(69)15-12-46)55-40-49(70)16-20-54(55)67(68,6)82(63)65(85)79-27-25-78(26-28-79)29-31-87-33-35-89-37-36-88-34-32-86-30-21-60(83)73-22-24-81-44(2)61-45-38-58(62(72)74-42-45)80-23-9-10-57(80)53-41-50(71)17-19-51(53)64(84)77(7)43-56(61)76-81/h11-20,38-42,57H,8-10,21-37,43H2,1-7H3,(H2,72,74)(H,73,83)/t57-,67-,68-/m1/s1. The molecule has 6 aromatic rings. The monoisotopic (exact) mass is 1270 g/mol. The summed E-state index contributed by atoms with van der Waals surface area (Å²) in [5, 5.41) is 9.12. The number of amidine groups is 1. The normalized spacial score (nSPS) is 19.7. The number of piperazine rings is 1. The Morgan fingerprint density at radius 3 is 2.21 bits per heavy atom. The minimum absolute atomic E-state index is 0.121. The largest absolute Gasteiger partial charge is 0.493 e. The first-order chi connectivity index (χ1) is 43.3. The van der Waals surface area contributed by atoms with Crippen LogP contribution >= 0.6 is 23.2 Å². The predicted molar refractivity (Wildman–Crippen MR) is 346 cm³/mol. The molecule has 478 valence electrons. The summed E-state index contributed by atoms with van der Waals surface area (Å²) in [6.07, 6.45) is 3.51. The Hall–Kier alpha value is -7.17. The fourth-order valence-electron chi connectivity index (χ4n) is 13.5. The lowest BCUT2D eigenvalue weighted by atomic mass is 9.54. The van der Waals surface area contributed by atoms with E-state index in [-0.39, 0.29) is 48.9 Å². The van der Waals surface area contributed by atoms with Gasteiger partial charge < -0.3 is 49.4 Å². The van der Waals surface area contributed by atoms with Gasteiger partial charge in [0.1, 0.15) is 34.3 Å². The fourth-order valence-corrected chi connectivity index (χ4v) is 13.7. The number of nitrogens with one attached hydrogen (secondary N) is 1. The number of aliphatic imine (C=N–C) groups is 1. The van der Waals surface area contributed by atoms with Crippen molar-refractivity contribution in [2.45, 2.75) is 96.4 Å². The Labute approximate surface area is 536 Å². The number of hydrogen-bond acceptors (Lipinski definition) is 14. The highest BCUT2D eigenvalue weighted by atomic mass is 35.5. The summed E-state index contributed by atoms with van der Waals surface area (Å²) in [6.45, 7) is 20.9. The van der Waals surface area contributed by atoms with Gasteiger partial charge in [0.25, 0.3) is 5.91 Å². The Bertz CT molecular complexity index is 3650.